The number of likely N-dealkylation sites (tertiary alicyclic amines) is 1. The minimum atomic E-state index is 0.965. The van der Waals surface area contributed by atoms with Crippen LogP contribution in [0.5, 0.6) is 0 Å². The maximum atomic E-state index is 2.72. The Kier molecular flexibility index (Phi) is 3.19. The zero-order valence-electron chi connectivity index (χ0n) is 10.9. The number of benzene rings is 1. The van der Waals surface area contributed by atoms with Crippen LogP contribution < -0.4 is 0 Å². The van der Waals surface area contributed by atoms with Crippen LogP contribution in [0.15, 0.2) is 24.3 Å². The summed E-state index contributed by atoms with van der Waals surface area (Å²) in [5, 5.41) is 0. The fourth-order valence-corrected chi connectivity index (χ4v) is 3.63. The molecule has 1 saturated carbocycles. The summed E-state index contributed by atoms with van der Waals surface area (Å²) in [6.07, 6.45) is 7.02. The van der Waals surface area contributed by atoms with Gasteiger partial charge in [0.2, 0.25) is 0 Å². The molecule has 0 bridgehead atoms. The van der Waals surface area contributed by atoms with Gasteiger partial charge in [-0.05, 0) is 56.2 Å². The van der Waals surface area contributed by atoms with E-state index in [1.165, 1.54) is 56.3 Å². The van der Waals surface area contributed by atoms with Crippen LogP contribution in [-0.2, 0) is 6.42 Å². The highest BCUT2D eigenvalue weighted by molar-refractivity contribution is 5.25. The lowest BCUT2D eigenvalue weighted by atomic mass is 9.91. The largest absolute Gasteiger partial charge is 0.300 e. The Balaban J connectivity index is 1.45. The molecule has 1 aromatic rings. The van der Waals surface area contributed by atoms with E-state index in [2.05, 4.69) is 36.1 Å². The van der Waals surface area contributed by atoms with Crippen LogP contribution >= 0.6 is 0 Å². The van der Waals surface area contributed by atoms with Crippen molar-refractivity contribution in [1.82, 2.24) is 4.90 Å². The lowest BCUT2D eigenvalue weighted by Gasteiger charge is -2.44. The van der Waals surface area contributed by atoms with Crippen molar-refractivity contribution in [3.05, 3.63) is 35.4 Å². The van der Waals surface area contributed by atoms with E-state index in [-0.39, 0.29) is 0 Å². The van der Waals surface area contributed by atoms with Gasteiger partial charge in [-0.1, -0.05) is 30.7 Å². The average molecular weight is 229 g/mol. The molecule has 0 amide bonds. The monoisotopic (exact) mass is 229 g/mol. The van der Waals surface area contributed by atoms with Crippen molar-refractivity contribution >= 4 is 0 Å². The molecule has 2 aliphatic rings. The second-order valence-electron chi connectivity index (χ2n) is 5.78. The molecule has 1 nitrogen and oxygen atoms in total. The van der Waals surface area contributed by atoms with Gasteiger partial charge in [-0.25, -0.2) is 0 Å². The first-order valence-corrected chi connectivity index (χ1v) is 7.13. The van der Waals surface area contributed by atoms with Crippen molar-refractivity contribution in [2.75, 3.05) is 13.1 Å². The predicted octanol–water partition coefficient (Wildman–Crippen LogP) is 3.41. The van der Waals surface area contributed by atoms with Crippen LogP contribution in [-0.4, -0.2) is 24.0 Å². The quantitative estimate of drug-likeness (QED) is 0.764. The van der Waals surface area contributed by atoms with Crippen molar-refractivity contribution in [3.63, 3.8) is 0 Å². The molecule has 1 heterocycles. The van der Waals surface area contributed by atoms with Gasteiger partial charge in [0.25, 0.3) is 0 Å². The topological polar surface area (TPSA) is 3.24 Å². The first kappa shape index (κ1) is 11.3. The van der Waals surface area contributed by atoms with Crippen LogP contribution in [0.2, 0.25) is 0 Å². The third-order valence-electron chi connectivity index (χ3n) is 4.71. The highest BCUT2D eigenvalue weighted by Crippen LogP contribution is 2.38. The highest BCUT2D eigenvalue weighted by atomic mass is 15.2. The minimum absolute atomic E-state index is 0.965. The van der Waals surface area contributed by atoms with Crippen molar-refractivity contribution in [1.29, 1.82) is 0 Å². The van der Waals surface area contributed by atoms with Gasteiger partial charge in [0, 0.05) is 12.6 Å². The fraction of sp³-hybridized carbons (Fsp3) is 0.625. The molecule has 0 radical (unpaired) electrons. The molecular weight excluding hydrogens is 206 g/mol. The Morgan fingerprint density at radius 1 is 1.24 bits per heavy atom. The minimum Gasteiger partial charge on any atom is -0.300 e. The average Bonchev–Trinajstić information content (AvgIpc) is 2.68. The van der Waals surface area contributed by atoms with Crippen LogP contribution in [0.3, 0.4) is 0 Å². The maximum Gasteiger partial charge on any atom is 0.0136 e. The van der Waals surface area contributed by atoms with Gasteiger partial charge in [0.1, 0.15) is 0 Å². The van der Waals surface area contributed by atoms with Crippen molar-refractivity contribution in [2.45, 2.75) is 45.1 Å². The molecular formula is C16H23N. The van der Waals surface area contributed by atoms with Crippen LogP contribution in [0.4, 0.5) is 0 Å². The summed E-state index contributed by atoms with van der Waals surface area (Å²) in [6, 6.07) is 9.78. The molecule has 0 N–H and O–H groups in total. The summed E-state index contributed by atoms with van der Waals surface area (Å²) < 4.78 is 0. The Bertz CT molecular complexity index is 385. The van der Waals surface area contributed by atoms with Gasteiger partial charge < -0.3 is 0 Å². The molecule has 0 aromatic heterocycles. The summed E-state index contributed by atoms with van der Waals surface area (Å²) in [5.74, 6) is 1.06. The van der Waals surface area contributed by atoms with Gasteiger partial charge in [-0.2, -0.15) is 0 Å². The zero-order chi connectivity index (χ0) is 11.7. The zero-order valence-corrected chi connectivity index (χ0v) is 10.9. The van der Waals surface area contributed by atoms with Gasteiger partial charge in [0.05, 0.1) is 0 Å². The molecule has 3 rings (SSSR count). The fourth-order valence-electron chi connectivity index (χ4n) is 3.63. The Morgan fingerprint density at radius 3 is 2.94 bits per heavy atom. The number of fused-ring (bicyclic) bond motifs is 1. The first-order chi connectivity index (χ1) is 8.34. The Hall–Kier alpha value is -0.820. The molecule has 92 valence electrons. The number of aryl methyl sites for hydroxylation is 2. The van der Waals surface area contributed by atoms with Crippen LogP contribution in [0, 0.1) is 12.8 Å². The second kappa shape index (κ2) is 4.81. The summed E-state index contributed by atoms with van der Waals surface area (Å²) in [5.41, 5.74) is 2.99. The van der Waals surface area contributed by atoms with E-state index in [4.69, 9.17) is 0 Å². The van der Waals surface area contributed by atoms with Crippen molar-refractivity contribution in [2.24, 2.45) is 5.92 Å². The van der Waals surface area contributed by atoms with E-state index in [1.54, 1.807) is 0 Å². The molecule has 2 fully saturated rings. The normalized spacial score (nSPS) is 27.8. The second-order valence-corrected chi connectivity index (χ2v) is 5.78. The van der Waals surface area contributed by atoms with Gasteiger partial charge in [-0.3, -0.25) is 4.90 Å². The molecule has 1 saturated heterocycles. The molecule has 0 spiro atoms. The predicted molar refractivity (Wildman–Crippen MR) is 72.2 cm³/mol. The van der Waals surface area contributed by atoms with Crippen molar-refractivity contribution in [3.8, 4) is 0 Å². The smallest absolute Gasteiger partial charge is 0.0136 e. The molecule has 2 atom stereocenters. The first-order valence-electron chi connectivity index (χ1n) is 7.13. The third-order valence-corrected chi connectivity index (χ3v) is 4.71. The summed E-state index contributed by atoms with van der Waals surface area (Å²) in [6.45, 7) is 4.93. The van der Waals surface area contributed by atoms with E-state index in [0.29, 0.717) is 0 Å². The molecule has 1 heteroatoms. The third kappa shape index (κ3) is 2.26. The number of rotatable bonds is 4. The SMILES string of the molecule is Cc1ccccc1CCCN1C[C@@H]2CCC[C@@H]21. The molecule has 17 heavy (non-hydrogen) atoms. The number of nitrogens with zero attached hydrogens (tertiary/aromatic N) is 1. The van der Waals surface area contributed by atoms with Gasteiger partial charge in [-0.15, -0.1) is 0 Å². The molecule has 0 unspecified atom stereocenters. The van der Waals surface area contributed by atoms with E-state index in [0.717, 1.165) is 12.0 Å². The number of hydrogen-bond acceptors (Lipinski definition) is 1. The van der Waals surface area contributed by atoms with E-state index < -0.39 is 0 Å². The van der Waals surface area contributed by atoms with Crippen LogP contribution in [0.25, 0.3) is 0 Å². The molecule has 1 aromatic carbocycles. The lowest BCUT2D eigenvalue weighted by Crippen LogP contribution is -2.53. The lowest BCUT2D eigenvalue weighted by molar-refractivity contribution is 0.0376. The van der Waals surface area contributed by atoms with E-state index >= 15 is 0 Å². The summed E-state index contributed by atoms with van der Waals surface area (Å²) >= 11 is 0. The van der Waals surface area contributed by atoms with Crippen molar-refractivity contribution < 1.29 is 0 Å². The van der Waals surface area contributed by atoms with Crippen LogP contribution in [0.1, 0.15) is 36.8 Å². The number of hydrogen-bond donors (Lipinski definition) is 0. The maximum absolute atomic E-state index is 2.72. The molecule has 1 aliphatic heterocycles. The van der Waals surface area contributed by atoms with E-state index in [1.807, 2.05) is 0 Å². The Labute approximate surface area is 105 Å². The standard InChI is InChI=1S/C16H23N/c1-13-6-2-3-7-14(13)9-5-11-17-12-15-8-4-10-16(15)17/h2-3,6-7,15-16H,4-5,8-12H2,1H3/t15-,16-/m0/s1. The summed E-state index contributed by atoms with van der Waals surface area (Å²) in [4.78, 5) is 2.72. The van der Waals surface area contributed by atoms with Gasteiger partial charge in [0.15, 0.2) is 0 Å². The summed E-state index contributed by atoms with van der Waals surface area (Å²) in [7, 11) is 0. The molecule has 1 aliphatic carbocycles. The van der Waals surface area contributed by atoms with Gasteiger partial charge >= 0.3 is 0 Å². The Morgan fingerprint density at radius 2 is 2.12 bits per heavy atom. The van der Waals surface area contributed by atoms with E-state index in [9.17, 15) is 0 Å². The highest BCUT2D eigenvalue weighted by Gasteiger charge is 2.40.